The number of hydrogen-bond acceptors (Lipinski definition) is 5. The van der Waals surface area contributed by atoms with Crippen molar-refractivity contribution in [2.24, 2.45) is 0 Å². The smallest absolute Gasteiger partial charge is 0.407 e. The number of amides is 1. The minimum absolute atomic E-state index is 0.0234. The monoisotopic (exact) mass is 459 g/mol. The van der Waals surface area contributed by atoms with E-state index in [0.29, 0.717) is 29.6 Å². The second-order valence-corrected chi connectivity index (χ2v) is 7.66. The van der Waals surface area contributed by atoms with E-state index in [4.69, 9.17) is 0 Å². The summed E-state index contributed by atoms with van der Waals surface area (Å²) in [6, 6.07) is 4.63. The number of nitrogens with one attached hydrogen (secondary N) is 2. The van der Waals surface area contributed by atoms with Crippen molar-refractivity contribution in [3.63, 3.8) is 0 Å². The molecule has 0 fully saturated rings. The van der Waals surface area contributed by atoms with Gasteiger partial charge in [0.05, 0.1) is 29.2 Å². The standard InChI is InChI=1S/C22H20F3N5O3/c1-11(13-5-2-6-14(18(13)23)19(24)25)27-20-15-8-17(26-9-16(15)21(31)29-28-20)12-4-3-7-30(10-12)22(32)33/h2,4-6,8-9,11,19H,3,7,10H2,1H3,(H,27,28)(H,29,31)(H,32,33). The third-order valence-electron chi connectivity index (χ3n) is 5.54. The van der Waals surface area contributed by atoms with Gasteiger partial charge in [-0.3, -0.25) is 9.78 Å². The molecular formula is C22H20F3N5O3. The number of anilines is 1. The summed E-state index contributed by atoms with van der Waals surface area (Å²) in [6.07, 6.45) is -0.221. The highest BCUT2D eigenvalue weighted by Gasteiger charge is 2.22. The van der Waals surface area contributed by atoms with Crippen molar-refractivity contribution in [3.05, 3.63) is 69.5 Å². The number of aromatic nitrogens is 3. The minimum atomic E-state index is -2.95. The summed E-state index contributed by atoms with van der Waals surface area (Å²) in [6.45, 7) is 2.11. The molecule has 3 N–H and O–H groups in total. The topological polar surface area (TPSA) is 111 Å². The number of H-pyrrole nitrogens is 1. The lowest BCUT2D eigenvalue weighted by Gasteiger charge is -2.24. The van der Waals surface area contributed by atoms with Crippen LogP contribution in [0, 0.1) is 5.82 Å². The van der Waals surface area contributed by atoms with Gasteiger partial charge in [-0.05, 0) is 25.0 Å². The summed E-state index contributed by atoms with van der Waals surface area (Å²) in [5.74, 6) is -0.807. The zero-order valence-corrected chi connectivity index (χ0v) is 17.5. The number of halogens is 3. The van der Waals surface area contributed by atoms with Crippen molar-refractivity contribution in [1.82, 2.24) is 20.1 Å². The van der Waals surface area contributed by atoms with Crippen LogP contribution in [0.3, 0.4) is 0 Å². The number of carboxylic acid groups (broad SMARTS) is 1. The van der Waals surface area contributed by atoms with E-state index in [2.05, 4.69) is 20.5 Å². The van der Waals surface area contributed by atoms with Crippen LogP contribution in [-0.2, 0) is 0 Å². The molecule has 1 amide bonds. The molecule has 33 heavy (non-hydrogen) atoms. The molecule has 0 saturated carbocycles. The maximum absolute atomic E-state index is 14.6. The fraction of sp³-hybridized carbons (Fsp3) is 0.273. The minimum Gasteiger partial charge on any atom is -0.465 e. The van der Waals surface area contributed by atoms with Gasteiger partial charge in [0.2, 0.25) is 0 Å². The number of fused-ring (bicyclic) bond motifs is 1. The molecule has 0 spiro atoms. The zero-order chi connectivity index (χ0) is 23.7. The molecule has 3 heterocycles. The summed E-state index contributed by atoms with van der Waals surface area (Å²) < 4.78 is 40.8. The average Bonchev–Trinajstić information content (AvgIpc) is 2.80. The SMILES string of the molecule is CC(Nc1n[nH]c(=O)c2cnc(C3=CCCN(C(=O)O)C3)cc12)c1cccc(C(F)F)c1F. The van der Waals surface area contributed by atoms with Gasteiger partial charge in [-0.2, -0.15) is 5.10 Å². The summed E-state index contributed by atoms with van der Waals surface area (Å²) in [4.78, 5) is 29.1. The predicted molar refractivity (Wildman–Crippen MR) is 116 cm³/mol. The number of rotatable bonds is 5. The van der Waals surface area contributed by atoms with E-state index in [1.165, 1.54) is 23.2 Å². The normalized spacial score (nSPS) is 14.9. The Bertz CT molecular complexity index is 1310. The van der Waals surface area contributed by atoms with Crippen molar-refractivity contribution in [1.29, 1.82) is 0 Å². The number of nitrogens with zero attached hydrogens (tertiary/aromatic N) is 3. The van der Waals surface area contributed by atoms with E-state index < -0.39 is 35.5 Å². The molecule has 1 atom stereocenters. The maximum atomic E-state index is 14.6. The number of benzene rings is 1. The molecule has 4 rings (SSSR count). The molecular weight excluding hydrogens is 439 g/mol. The van der Waals surface area contributed by atoms with E-state index in [0.717, 1.165) is 6.07 Å². The number of hydrogen-bond donors (Lipinski definition) is 3. The molecule has 1 unspecified atom stereocenters. The Morgan fingerprint density at radius 1 is 1.27 bits per heavy atom. The summed E-state index contributed by atoms with van der Waals surface area (Å²) in [5.41, 5.74) is -0.00433. The van der Waals surface area contributed by atoms with Crippen LogP contribution in [0.4, 0.5) is 23.8 Å². The van der Waals surface area contributed by atoms with Gasteiger partial charge in [-0.15, -0.1) is 0 Å². The highest BCUT2D eigenvalue weighted by atomic mass is 19.3. The molecule has 3 aromatic rings. The second-order valence-electron chi connectivity index (χ2n) is 7.66. The van der Waals surface area contributed by atoms with Crippen LogP contribution in [-0.4, -0.2) is 44.4 Å². The van der Waals surface area contributed by atoms with Gasteiger partial charge >= 0.3 is 6.09 Å². The molecule has 8 nitrogen and oxygen atoms in total. The van der Waals surface area contributed by atoms with E-state index in [1.54, 1.807) is 13.0 Å². The lowest BCUT2D eigenvalue weighted by molar-refractivity contribution is 0.146. The van der Waals surface area contributed by atoms with Gasteiger partial charge < -0.3 is 15.3 Å². The molecule has 0 aliphatic carbocycles. The lowest BCUT2D eigenvalue weighted by Crippen LogP contribution is -2.34. The molecule has 1 aliphatic rings. The van der Waals surface area contributed by atoms with Crippen LogP contribution in [0.25, 0.3) is 16.3 Å². The molecule has 0 saturated heterocycles. The third-order valence-corrected chi connectivity index (χ3v) is 5.54. The fourth-order valence-electron chi connectivity index (χ4n) is 3.79. The molecule has 1 aliphatic heterocycles. The van der Waals surface area contributed by atoms with Crippen LogP contribution in [0.5, 0.6) is 0 Å². The largest absolute Gasteiger partial charge is 0.465 e. The number of alkyl halides is 2. The van der Waals surface area contributed by atoms with Crippen molar-refractivity contribution < 1.29 is 23.1 Å². The van der Waals surface area contributed by atoms with E-state index in [1.807, 2.05) is 6.08 Å². The Morgan fingerprint density at radius 3 is 2.76 bits per heavy atom. The van der Waals surface area contributed by atoms with Crippen LogP contribution >= 0.6 is 0 Å². The van der Waals surface area contributed by atoms with Crippen molar-refractivity contribution in [2.75, 3.05) is 18.4 Å². The first kappa shape index (κ1) is 22.3. The first-order valence-electron chi connectivity index (χ1n) is 10.1. The Morgan fingerprint density at radius 2 is 2.03 bits per heavy atom. The van der Waals surface area contributed by atoms with Crippen LogP contribution in [0.1, 0.15) is 42.6 Å². The van der Waals surface area contributed by atoms with E-state index in [-0.39, 0.29) is 23.3 Å². The van der Waals surface area contributed by atoms with Gasteiger partial charge in [-0.25, -0.2) is 23.1 Å². The Kier molecular flexibility index (Phi) is 6.03. The van der Waals surface area contributed by atoms with Crippen LogP contribution in [0.15, 0.2) is 41.3 Å². The van der Waals surface area contributed by atoms with Gasteiger partial charge in [0, 0.05) is 23.7 Å². The summed E-state index contributed by atoms with van der Waals surface area (Å²) in [7, 11) is 0. The second kappa shape index (κ2) is 8.93. The average molecular weight is 459 g/mol. The number of carbonyl (C=O) groups is 1. The third kappa shape index (κ3) is 4.38. The van der Waals surface area contributed by atoms with Gasteiger partial charge in [-0.1, -0.05) is 24.3 Å². The molecule has 2 aromatic heterocycles. The van der Waals surface area contributed by atoms with Gasteiger partial charge in [0.15, 0.2) is 5.82 Å². The zero-order valence-electron chi connectivity index (χ0n) is 17.5. The number of pyridine rings is 1. The maximum Gasteiger partial charge on any atom is 0.407 e. The van der Waals surface area contributed by atoms with E-state index >= 15 is 0 Å². The molecule has 11 heteroatoms. The number of aromatic amines is 1. The van der Waals surface area contributed by atoms with Gasteiger partial charge in [0.25, 0.3) is 12.0 Å². The Labute approximate surface area is 185 Å². The Hall–Kier alpha value is -3.89. The molecule has 1 aromatic carbocycles. The van der Waals surface area contributed by atoms with Crippen molar-refractivity contribution >= 4 is 28.3 Å². The first-order valence-corrected chi connectivity index (χ1v) is 10.1. The quantitative estimate of drug-likeness (QED) is 0.524. The summed E-state index contributed by atoms with van der Waals surface area (Å²) >= 11 is 0. The molecule has 0 bridgehead atoms. The van der Waals surface area contributed by atoms with E-state index in [9.17, 15) is 27.9 Å². The van der Waals surface area contributed by atoms with Gasteiger partial charge in [0.1, 0.15) is 5.82 Å². The van der Waals surface area contributed by atoms with Crippen molar-refractivity contribution in [2.45, 2.75) is 25.8 Å². The van der Waals surface area contributed by atoms with Crippen LogP contribution < -0.4 is 10.9 Å². The lowest BCUT2D eigenvalue weighted by atomic mass is 10.0. The first-order chi connectivity index (χ1) is 15.8. The molecule has 0 radical (unpaired) electrons. The summed E-state index contributed by atoms with van der Waals surface area (Å²) in [5, 5.41) is 19.2. The highest BCUT2D eigenvalue weighted by molar-refractivity contribution is 5.92. The van der Waals surface area contributed by atoms with Crippen molar-refractivity contribution in [3.8, 4) is 0 Å². The highest BCUT2D eigenvalue weighted by Crippen LogP contribution is 2.30. The van der Waals surface area contributed by atoms with Crippen LogP contribution in [0.2, 0.25) is 0 Å². The predicted octanol–water partition coefficient (Wildman–Crippen LogP) is 4.34. The molecule has 172 valence electrons. The Balaban J connectivity index is 1.71. The fourth-order valence-corrected chi connectivity index (χ4v) is 3.79.